The van der Waals surface area contributed by atoms with E-state index in [1.807, 2.05) is 12.1 Å². The molecule has 124 valence electrons. The van der Waals surface area contributed by atoms with Crippen LogP contribution in [0.2, 0.25) is 5.02 Å². The van der Waals surface area contributed by atoms with Gasteiger partial charge >= 0.3 is 0 Å². The van der Waals surface area contributed by atoms with E-state index in [1.54, 1.807) is 17.4 Å². The number of anilines is 1. The standard InChI is InChI=1S/C16H15ClN4OS2/c17-9-5-6-10-12(7-9)20-15(18-10)23-8-14(22)21-16-19-11-3-1-2-4-13(11)24-16/h5-7H,1-4,8H2,(H,18,20)(H,19,21,22). The van der Waals surface area contributed by atoms with Gasteiger partial charge in [0, 0.05) is 9.90 Å². The third kappa shape index (κ3) is 3.43. The summed E-state index contributed by atoms with van der Waals surface area (Å²) in [5.74, 6) is 0.224. The first-order valence-corrected chi connectivity index (χ1v) is 9.92. The number of halogens is 1. The van der Waals surface area contributed by atoms with Crippen LogP contribution in [0.4, 0.5) is 5.13 Å². The highest BCUT2D eigenvalue weighted by Gasteiger charge is 2.16. The fourth-order valence-electron chi connectivity index (χ4n) is 2.72. The number of H-pyrrole nitrogens is 1. The van der Waals surface area contributed by atoms with Gasteiger partial charge < -0.3 is 10.3 Å². The summed E-state index contributed by atoms with van der Waals surface area (Å²) in [5, 5.41) is 4.98. The van der Waals surface area contributed by atoms with Gasteiger partial charge in [0.25, 0.3) is 0 Å². The summed E-state index contributed by atoms with van der Waals surface area (Å²) in [6.45, 7) is 0. The molecule has 2 aromatic heterocycles. The van der Waals surface area contributed by atoms with Crippen LogP contribution in [0, 0.1) is 0 Å². The zero-order valence-electron chi connectivity index (χ0n) is 12.8. The van der Waals surface area contributed by atoms with Crippen LogP contribution >= 0.6 is 34.7 Å². The largest absolute Gasteiger partial charge is 0.333 e. The fourth-order valence-corrected chi connectivity index (χ4v) is 4.64. The van der Waals surface area contributed by atoms with Gasteiger partial charge in [-0.3, -0.25) is 4.79 Å². The monoisotopic (exact) mass is 378 g/mol. The maximum atomic E-state index is 12.1. The zero-order chi connectivity index (χ0) is 16.5. The van der Waals surface area contributed by atoms with Crippen molar-refractivity contribution in [3.63, 3.8) is 0 Å². The molecule has 0 atom stereocenters. The van der Waals surface area contributed by atoms with Gasteiger partial charge in [-0.05, 0) is 43.9 Å². The number of amides is 1. The molecule has 0 aliphatic heterocycles. The predicted molar refractivity (Wildman–Crippen MR) is 99.2 cm³/mol. The van der Waals surface area contributed by atoms with E-state index in [0.717, 1.165) is 29.6 Å². The molecule has 1 aliphatic rings. The van der Waals surface area contributed by atoms with E-state index in [2.05, 4.69) is 20.3 Å². The maximum Gasteiger partial charge on any atom is 0.236 e. The molecule has 0 radical (unpaired) electrons. The summed E-state index contributed by atoms with van der Waals surface area (Å²) in [4.78, 5) is 25.6. The van der Waals surface area contributed by atoms with Crippen molar-refractivity contribution in [3.8, 4) is 0 Å². The summed E-state index contributed by atoms with van der Waals surface area (Å²) in [6, 6.07) is 5.49. The van der Waals surface area contributed by atoms with Crippen molar-refractivity contribution in [2.45, 2.75) is 30.8 Å². The van der Waals surface area contributed by atoms with E-state index in [0.29, 0.717) is 15.3 Å². The van der Waals surface area contributed by atoms with Gasteiger partial charge in [0.2, 0.25) is 5.91 Å². The first-order valence-electron chi connectivity index (χ1n) is 7.74. The molecule has 0 unspecified atom stereocenters. The molecule has 0 spiro atoms. The lowest BCUT2D eigenvalue weighted by atomic mass is 10.0. The predicted octanol–water partition coefficient (Wildman–Crippen LogP) is 4.28. The van der Waals surface area contributed by atoms with Gasteiger partial charge in [-0.1, -0.05) is 23.4 Å². The van der Waals surface area contributed by atoms with Crippen LogP contribution in [0.1, 0.15) is 23.4 Å². The fraction of sp³-hybridized carbons (Fsp3) is 0.312. The number of hydrogen-bond donors (Lipinski definition) is 2. The minimum absolute atomic E-state index is 0.0652. The molecule has 1 aromatic carbocycles. The third-order valence-electron chi connectivity index (χ3n) is 3.85. The molecule has 2 heterocycles. The van der Waals surface area contributed by atoms with Crippen LogP contribution in [0.15, 0.2) is 23.4 Å². The summed E-state index contributed by atoms with van der Waals surface area (Å²) < 4.78 is 0. The van der Waals surface area contributed by atoms with Crippen molar-refractivity contribution in [1.82, 2.24) is 15.0 Å². The second-order valence-corrected chi connectivity index (χ2v) is 8.12. The number of carbonyl (C=O) groups is 1. The number of fused-ring (bicyclic) bond motifs is 2. The Morgan fingerprint density at radius 2 is 2.21 bits per heavy atom. The molecule has 2 N–H and O–H groups in total. The van der Waals surface area contributed by atoms with Gasteiger partial charge in [0.05, 0.1) is 22.5 Å². The second kappa shape index (κ2) is 6.74. The van der Waals surface area contributed by atoms with Gasteiger partial charge in [0.1, 0.15) is 0 Å². The van der Waals surface area contributed by atoms with Crippen LogP contribution in [0.3, 0.4) is 0 Å². The minimum Gasteiger partial charge on any atom is -0.333 e. The molecule has 0 bridgehead atoms. The molecule has 0 saturated heterocycles. The van der Waals surface area contributed by atoms with Crippen LogP contribution in [0.5, 0.6) is 0 Å². The Kier molecular flexibility index (Phi) is 4.47. The minimum atomic E-state index is -0.0652. The smallest absolute Gasteiger partial charge is 0.236 e. The average molecular weight is 379 g/mol. The first kappa shape index (κ1) is 15.9. The SMILES string of the molecule is O=C(CSc1nc2ccc(Cl)cc2[nH]1)Nc1nc2c(s1)CCCC2. The van der Waals surface area contributed by atoms with Crippen LogP contribution in [-0.4, -0.2) is 26.6 Å². The number of imidazole rings is 1. The summed E-state index contributed by atoms with van der Waals surface area (Å²) in [7, 11) is 0. The number of aryl methyl sites for hydroxylation is 2. The third-order valence-corrected chi connectivity index (χ3v) is 6.04. The molecule has 0 saturated carbocycles. The number of carbonyl (C=O) groups excluding carboxylic acids is 1. The van der Waals surface area contributed by atoms with Gasteiger partial charge in [-0.25, -0.2) is 9.97 Å². The Labute approximate surface area is 152 Å². The number of aromatic amines is 1. The zero-order valence-corrected chi connectivity index (χ0v) is 15.2. The first-order chi connectivity index (χ1) is 11.7. The lowest BCUT2D eigenvalue weighted by molar-refractivity contribution is -0.113. The molecule has 1 amide bonds. The highest BCUT2D eigenvalue weighted by atomic mass is 35.5. The normalized spacial score (nSPS) is 13.9. The summed E-state index contributed by atoms with van der Waals surface area (Å²) in [5.41, 5.74) is 2.87. The number of nitrogens with zero attached hydrogens (tertiary/aromatic N) is 2. The van der Waals surface area contributed by atoms with E-state index < -0.39 is 0 Å². The summed E-state index contributed by atoms with van der Waals surface area (Å²) in [6.07, 6.45) is 4.52. The molecule has 3 aromatic rings. The van der Waals surface area contributed by atoms with Gasteiger partial charge in [-0.2, -0.15) is 0 Å². The average Bonchev–Trinajstić information content (AvgIpc) is 3.15. The molecule has 0 fully saturated rings. The van der Waals surface area contributed by atoms with Crippen molar-refractivity contribution in [1.29, 1.82) is 0 Å². The number of benzene rings is 1. The Hall–Kier alpha value is -1.57. The molecular formula is C16H15ClN4OS2. The van der Waals surface area contributed by atoms with E-state index >= 15 is 0 Å². The summed E-state index contributed by atoms with van der Waals surface area (Å²) >= 11 is 8.93. The van der Waals surface area contributed by atoms with E-state index in [4.69, 9.17) is 11.6 Å². The number of nitrogens with one attached hydrogen (secondary N) is 2. The molecule has 4 rings (SSSR count). The number of aromatic nitrogens is 3. The lowest BCUT2D eigenvalue weighted by Gasteiger charge is -2.06. The Bertz CT molecular complexity index is 881. The molecule has 1 aliphatic carbocycles. The highest BCUT2D eigenvalue weighted by molar-refractivity contribution is 7.99. The van der Waals surface area contributed by atoms with E-state index in [-0.39, 0.29) is 11.7 Å². The van der Waals surface area contributed by atoms with Gasteiger partial charge in [-0.15, -0.1) is 11.3 Å². The quantitative estimate of drug-likeness (QED) is 0.664. The lowest BCUT2D eigenvalue weighted by Crippen LogP contribution is -2.14. The Morgan fingerprint density at radius 1 is 1.33 bits per heavy atom. The molecule has 24 heavy (non-hydrogen) atoms. The van der Waals surface area contributed by atoms with Crippen LogP contribution < -0.4 is 5.32 Å². The van der Waals surface area contributed by atoms with E-state index in [1.165, 1.54) is 29.5 Å². The topological polar surface area (TPSA) is 70.7 Å². The van der Waals surface area contributed by atoms with Crippen molar-refractivity contribution in [2.24, 2.45) is 0 Å². The number of hydrogen-bond acceptors (Lipinski definition) is 5. The molecule has 8 heteroatoms. The number of thioether (sulfide) groups is 1. The van der Waals surface area contributed by atoms with Crippen LogP contribution in [0.25, 0.3) is 11.0 Å². The second-order valence-electron chi connectivity index (χ2n) is 5.64. The number of rotatable bonds is 4. The van der Waals surface area contributed by atoms with Crippen molar-refractivity contribution in [2.75, 3.05) is 11.1 Å². The Balaban J connectivity index is 1.38. The van der Waals surface area contributed by atoms with Crippen LogP contribution in [-0.2, 0) is 17.6 Å². The van der Waals surface area contributed by atoms with Crippen molar-refractivity contribution in [3.05, 3.63) is 33.8 Å². The highest BCUT2D eigenvalue weighted by Crippen LogP contribution is 2.29. The maximum absolute atomic E-state index is 12.1. The van der Waals surface area contributed by atoms with Crippen molar-refractivity contribution >= 4 is 56.8 Å². The Morgan fingerprint density at radius 3 is 3.08 bits per heavy atom. The molecular weight excluding hydrogens is 364 g/mol. The molecule has 5 nitrogen and oxygen atoms in total. The van der Waals surface area contributed by atoms with Gasteiger partial charge in [0.15, 0.2) is 10.3 Å². The van der Waals surface area contributed by atoms with Crippen molar-refractivity contribution < 1.29 is 4.79 Å². The van der Waals surface area contributed by atoms with E-state index in [9.17, 15) is 4.79 Å². The number of thiazole rings is 1.